The van der Waals surface area contributed by atoms with Gasteiger partial charge in [-0.15, -0.1) is 24.0 Å². The van der Waals surface area contributed by atoms with Crippen LogP contribution in [0.15, 0.2) is 17.1 Å². The molecule has 0 bridgehead atoms. The number of hydrogen-bond acceptors (Lipinski definition) is 5. The maximum atomic E-state index is 5.48. The zero-order chi connectivity index (χ0) is 20.8. The Balaban J connectivity index is 0.00000320. The molecule has 0 radical (unpaired) electrons. The lowest BCUT2D eigenvalue weighted by Gasteiger charge is -2.36. The van der Waals surface area contributed by atoms with E-state index in [4.69, 9.17) is 14.2 Å². The summed E-state index contributed by atoms with van der Waals surface area (Å²) in [5.74, 6) is 3.94. The second kappa shape index (κ2) is 11.8. The normalized spacial score (nSPS) is 21.6. The standard InChI is InChI=1S/C22H36N4O3.HI/c1-6-7-17-14-18(17)24-22(23-2)26-10-8-25(9-11-26)15-16-12-19(27-3)21(29-5)20(13-16)28-4;/h12-13,17-18H,6-11,14-15H2,1-5H3,(H,23,24);1H. The molecule has 2 aliphatic rings. The summed E-state index contributed by atoms with van der Waals surface area (Å²) in [7, 11) is 6.83. The molecule has 1 saturated carbocycles. The van der Waals surface area contributed by atoms with Gasteiger partial charge < -0.3 is 24.4 Å². The number of piperazine rings is 1. The highest BCUT2D eigenvalue weighted by molar-refractivity contribution is 14.0. The first-order chi connectivity index (χ1) is 14.1. The lowest BCUT2D eigenvalue weighted by molar-refractivity contribution is 0.172. The maximum Gasteiger partial charge on any atom is 0.203 e. The number of nitrogens with one attached hydrogen (secondary N) is 1. The lowest BCUT2D eigenvalue weighted by Crippen LogP contribution is -2.52. The molecule has 1 saturated heterocycles. The second-order valence-electron chi connectivity index (χ2n) is 7.88. The predicted octanol–water partition coefficient (Wildman–Crippen LogP) is 3.21. The highest BCUT2D eigenvalue weighted by atomic mass is 127. The van der Waals surface area contributed by atoms with Crippen LogP contribution >= 0.6 is 24.0 Å². The number of hydrogen-bond donors (Lipinski definition) is 1. The number of benzene rings is 1. The molecule has 1 aromatic rings. The number of ether oxygens (including phenoxy) is 3. The van der Waals surface area contributed by atoms with Crippen LogP contribution < -0.4 is 19.5 Å². The van der Waals surface area contributed by atoms with E-state index in [1.165, 1.54) is 19.3 Å². The van der Waals surface area contributed by atoms with Gasteiger partial charge in [-0.25, -0.2) is 0 Å². The van der Waals surface area contributed by atoms with Crippen molar-refractivity contribution in [3.05, 3.63) is 17.7 Å². The molecule has 0 amide bonds. The summed E-state index contributed by atoms with van der Waals surface area (Å²) < 4.78 is 16.4. The molecule has 8 heteroatoms. The van der Waals surface area contributed by atoms with Crippen molar-refractivity contribution >= 4 is 29.9 Å². The van der Waals surface area contributed by atoms with Crippen molar-refractivity contribution < 1.29 is 14.2 Å². The van der Waals surface area contributed by atoms with E-state index in [1.807, 2.05) is 19.2 Å². The van der Waals surface area contributed by atoms with E-state index in [1.54, 1.807) is 21.3 Å². The van der Waals surface area contributed by atoms with Gasteiger partial charge in [0.05, 0.1) is 21.3 Å². The first kappa shape index (κ1) is 24.8. The topological polar surface area (TPSA) is 58.6 Å². The molecule has 1 aliphatic carbocycles. The molecular formula is C22H37IN4O3. The Hall–Kier alpha value is -1.42. The Labute approximate surface area is 198 Å². The van der Waals surface area contributed by atoms with Crippen molar-refractivity contribution in [2.24, 2.45) is 10.9 Å². The number of methoxy groups -OCH3 is 3. The minimum Gasteiger partial charge on any atom is -0.493 e. The van der Waals surface area contributed by atoms with Gasteiger partial charge in [-0.3, -0.25) is 9.89 Å². The average molecular weight is 532 g/mol. The fourth-order valence-electron chi connectivity index (χ4n) is 4.18. The van der Waals surface area contributed by atoms with Crippen LogP contribution in [0.1, 0.15) is 31.7 Å². The lowest BCUT2D eigenvalue weighted by atomic mass is 10.1. The molecule has 3 rings (SSSR count). The minimum absolute atomic E-state index is 0. The van der Waals surface area contributed by atoms with Gasteiger partial charge >= 0.3 is 0 Å². The summed E-state index contributed by atoms with van der Waals surface area (Å²) in [6.45, 7) is 7.08. The van der Waals surface area contributed by atoms with Gasteiger partial charge in [-0.2, -0.15) is 0 Å². The van der Waals surface area contributed by atoms with E-state index in [9.17, 15) is 0 Å². The van der Waals surface area contributed by atoms with E-state index in [0.29, 0.717) is 23.3 Å². The third-order valence-corrected chi connectivity index (χ3v) is 5.91. The fraction of sp³-hybridized carbons (Fsp3) is 0.682. The van der Waals surface area contributed by atoms with Gasteiger partial charge in [0.2, 0.25) is 5.75 Å². The summed E-state index contributed by atoms with van der Waals surface area (Å²) >= 11 is 0. The number of guanidine groups is 1. The van der Waals surface area contributed by atoms with E-state index in [0.717, 1.165) is 50.2 Å². The first-order valence-corrected chi connectivity index (χ1v) is 10.6. The van der Waals surface area contributed by atoms with Crippen molar-refractivity contribution in [2.75, 3.05) is 54.6 Å². The molecule has 2 unspecified atom stereocenters. The van der Waals surface area contributed by atoms with Crippen molar-refractivity contribution in [2.45, 2.75) is 38.8 Å². The molecule has 30 heavy (non-hydrogen) atoms. The van der Waals surface area contributed by atoms with Crippen LogP contribution in [0.25, 0.3) is 0 Å². The zero-order valence-electron chi connectivity index (χ0n) is 18.9. The fourth-order valence-corrected chi connectivity index (χ4v) is 4.18. The molecule has 2 fully saturated rings. The summed E-state index contributed by atoms with van der Waals surface area (Å²) in [5.41, 5.74) is 1.16. The minimum atomic E-state index is 0. The Bertz CT molecular complexity index is 683. The molecule has 1 aromatic carbocycles. The van der Waals surface area contributed by atoms with Crippen molar-refractivity contribution in [3.63, 3.8) is 0 Å². The molecule has 1 aliphatic heterocycles. The highest BCUT2D eigenvalue weighted by Gasteiger charge is 2.37. The largest absolute Gasteiger partial charge is 0.493 e. The Kier molecular flexibility index (Phi) is 9.80. The summed E-state index contributed by atoms with van der Waals surface area (Å²) in [4.78, 5) is 9.37. The van der Waals surface area contributed by atoms with E-state index < -0.39 is 0 Å². The maximum absolute atomic E-state index is 5.48. The van der Waals surface area contributed by atoms with Crippen LogP contribution in [-0.4, -0.2) is 76.4 Å². The van der Waals surface area contributed by atoms with Crippen LogP contribution in [0.4, 0.5) is 0 Å². The van der Waals surface area contributed by atoms with Crippen molar-refractivity contribution in [3.8, 4) is 17.2 Å². The Morgan fingerprint density at radius 2 is 1.70 bits per heavy atom. The first-order valence-electron chi connectivity index (χ1n) is 10.6. The van der Waals surface area contributed by atoms with Crippen LogP contribution in [-0.2, 0) is 6.54 Å². The van der Waals surface area contributed by atoms with Crippen molar-refractivity contribution in [1.29, 1.82) is 0 Å². The smallest absolute Gasteiger partial charge is 0.203 e. The van der Waals surface area contributed by atoms with Crippen LogP contribution in [0, 0.1) is 5.92 Å². The Morgan fingerprint density at radius 1 is 1.07 bits per heavy atom. The molecule has 2 atom stereocenters. The van der Waals surface area contributed by atoms with Crippen LogP contribution in [0.2, 0.25) is 0 Å². The highest BCUT2D eigenvalue weighted by Crippen LogP contribution is 2.38. The van der Waals surface area contributed by atoms with Gasteiger partial charge in [0.1, 0.15) is 0 Å². The monoisotopic (exact) mass is 532 g/mol. The predicted molar refractivity (Wildman–Crippen MR) is 132 cm³/mol. The molecule has 0 spiro atoms. The Morgan fingerprint density at radius 3 is 2.20 bits per heavy atom. The number of halogens is 1. The van der Waals surface area contributed by atoms with E-state index in [2.05, 4.69) is 27.0 Å². The van der Waals surface area contributed by atoms with E-state index in [-0.39, 0.29) is 24.0 Å². The van der Waals surface area contributed by atoms with Gasteiger partial charge in [-0.05, 0) is 36.5 Å². The molecule has 7 nitrogen and oxygen atoms in total. The summed E-state index contributed by atoms with van der Waals surface area (Å²) in [5, 5.41) is 3.66. The molecule has 1 N–H and O–H groups in total. The molecular weight excluding hydrogens is 495 g/mol. The quantitative estimate of drug-likeness (QED) is 0.316. The number of nitrogens with zero attached hydrogens (tertiary/aromatic N) is 3. The van der Waals surface area contributed by atoms with E-state index >= 15 is 0 Å². The summed E-state index contributed by atoms with van der Waals surface area (Å²) in [6, 6.07) is 4.69. The second-order valence-corrected chi connectivity index (χ2v) is 7.88. The summed E-state index contributed by atoms with van der Waals surface area (Å²) in [6.07, 6.45) is 3.87. The SMILES string of the molecule is CCCC1CC1NC(=NC)N1CCN(Cc2cc(OC)c(OC)c(OC)c2)CC1.I. The third-order valence-electron chi connectivity index (χ3n) is 5.91. The average Bonchev–Trinajstić information content (AvgIpc) is 3.49. The van der Waals surface area contributed by atoms with Crippen LogP contribution in [0.5, 0.6) is 17.2 Å². The van der Waals surface area contributed by atoms with Gasteiger partial charge in [0.25, 0.3) is 0 Å². The van der Waals surface area contributed by atoms with Gasteiger partial charge in [0.15, 0.2) is 17.5 Å². The van der Waals surface area contributed by atoms with Crippen LogP contribution in [0.3, 0.4) is 0 Å². The molecule has 170 valence electrons. The zero-order valence-corrected chi connectivity index (χ0v) is 21.3. The number of aliphatic imine (C=N–C) groups is 1. The van der Waals surface area contributed by atoms with Gasteiger partial charge in [-0.1, -0.05) is 13.3 Å². The third kappa shape index (κ3) is 6.06. The number of rotatable bonds is 8. The molecule has 0 aromatic heterocycles. The van der Waals surface area contributed by atoms with Gasteiger partial charge in [0, 0.05) is 45.8 Å². The van der Waals surface area contributed by atoms with Crippen molar-refractivity contribution in [1.82, 2.24) is 15.1 Å². The molecule has 1 heterocycles.